The first kappa shape index (κ1) is 84.7. The van der Waals surface area contributed by atoms with Crippen molar-refractivity contribution in [2.45, 2.75) is 130 Å². The smallest absolute Gasteiger partial charge is 0.460 e. The van der Waals surface area contributed by atoms with Gasteiger partial charge >= 0.3 is 19.1 Å². The van der Waals surface area contributed by atoms with Crippen molar-refractivity contribution in [1.29, 1.82) is 0 Å². The van der Waals surface area contributed by atoms with E-state index in [0.29, 0.717) is 64.7 Å². The first-order chi connectivity index (χ1) is 53.6. The summed E-state index contributed by atoms with van der Waals surface area (Å²) in [5.41, 5.74) is 24.7. The summed E-state index contributed by atoms with van der Waals surface area (Å²) >= 11 is 3.47. The van der Waals surface area contributed by atoms with E-state index >= 15 is 0 Å². The molecule has 0 spiro atoms. The van der Waals surface area contributed by atoms with Crippen molar-refractivity contribution in [3.8, 4) is 33.4 Å². The Morgan fingerprint density at radius 1 is 0.496 bits per heavy atom. The number of carbonyl (C=O) groups excluding carboxylic acids is 2. The van der Waals surface area contributed by atoms with Crippen LogP contribution in [-0.2, 0) is 112 Å². The Hall–Kier alpha value is -9.25. The van der Waals surface area contributed by atoms with Crippen molar-refractivity contribution in [3.05, 3.63) is 196 Å². The Balaban J connectivity index is 0.000000139. The highest BCUT2D eigenvalue weighted by Crippen LogP contribution is 2.40. The van der Waals surface area contributed by atoms with E-state index in [1.165, 1.54) is 6.92 Å². The molecule has 0 saturated heterocycles. The number of hydrogen-bond donors (Lipinski definition) is 3. The number of nitrogens with zero attached hydrogens (tertiary/aromatic N) is 12. The SMILES string of the molecule is CC(C)(C)OC(=O)CC1COCc2c(Br)cncc21.CCS(=O)(=O)CC1COCc2c(-c3ccc4cnn(C)c4c3)cncc21.CCS(=O)(=O)Cl.Cn1ncc2ccc(-c3cncc4c3COCC4CC(=O)OC(C)(C)C)cc21.Cn1ncc2ccc(-c3cncc4c3COCC4N)cc21.Cn1ncc2ccc(B(O)O)cc21. The molecule has 4 N–H and O–H groups in total. The van der Waals surface area contributed by atoms with Gasteiger partial charge in [-0.3, -0.25) is 48.3 Å². The van der Waals surface area contributed by atoms with Gasteiger partial charge in [0.05, 0.1) is 130 Å². The molecule has 0 aliphatic carbocycles. The van der Waals surface area contributed by atoms with Crippen LogP contribution >= 0.6 is 26.6 Å². The van der Waals surface area contributed by atoms with Crippen molar-refractivity contribution < 1.29 is 64.9 Å². The molecule has 16 rings (SSSR count). The summed E-state index contributed by atoms with van der Waals surface area (Å²) in [5, 5.41) is 39.1. The molecular weight excluding hydrogens is 1570 g/mol. The topological polar surface area (TPSA) is 347 Å². The van der Waals surface area contributed by atoms with Gasteiger partial charge in [0.2, 0.25) is 9.05 Å². The van der Waals surface area contributed by atoms with Crippen LogP contribution in [0.2, 0.25) is 0 Å². The number of hydrogen-bond acceptors (Lipinski definition) is 23. The Kier molecular flexibility index (Phi) is 27.3. The summed E-state index contributed by atoms with van der Waals surface area (Å²) in [4.78, 5) is 41.6. The van der Waals surface area contributed by atoms with E-state index in [0.717, 1.165) is 126 Å². The number of pyridine rings is 4. The van der Waals surface area contributed by atoms with Crippen molar-refractivity contribution in [2.75, 3.05) is 43.7 Å². The molecule has 32 heteroatoms. The second kappa shape index (κ2) is 36.5. The molecule has 4 aromatic carbocycles. The molecule has 0 bridgehead atoms. The Morgan fingerprint density at radius 3 is 1.22 bits per heavy atom. The van der Waals surface area contributed by atoms with Crippen LogP contribution < -0.4 is 11.2 Å². The lowest BCUT2D eigenvalue weighted by molar-refractivity contribution is -0.157. The quantitative estimate of drug-likeness (QED) is 0.0581. The van der Waals surface area contributed by atoms with Crippen molar-refractivity contribution in [3.63, 3.8) is 0 Å². The summed E-state index contributed by atoms with van der Waals surface area (Å²) in [6.07, 6.45) is 22.6. The third-order valence-electron chi connectivity index (χ3n) is 19.4. The molecule has 12 aromatic rings. The third-order valence-corrected chi connectivity index (χ3v) is 23.2. The lowest BCUT2D eigenvalue weighted by atomic mass is 9.80. The first-order valence-corrected chi connectivity index (χ1v) is 41.9. The van der Waals surface area contributed by atoms with Gasteiger partial charge in [-0.2, -0.15) is 20.4 Å². The van der Waals surface area contributed by atoms with Crippen molar-refractivity contribution in [2.24, 2.45) is 33.9 Å². The van der Waals surface area contributed by atoms with Crippen LogP contribution in [0.4, 0.5) is 0 Å². The number of nitrogens with two attached hydrogens (primary N) is 1. The van der Waals surface area contributed by atoms with Crippen LogP contribution in [0.5, 0.6) is 0 Å². The van der Waals surface area contributed by atoms with E-state index in [-0.39, 0.29) is 59.4 Å². The van der Waals surface area contributed by atoms with Gasteiger partial charge in [0.15, 0.2) is 9.84 Å². The van der Waals surface area contributed by atoms with Gasteiger partial charge in [-0.1, -0.05) is 62.4 Å². The van der Waals surface area contributed by atoms with Gasteiger partial charge in [0.25, 0.3) is 0 Å². The van der Waals surface area contributed by atoms with E-state index in [1.807, 2.05) is 158 Å². The lowest BCUT2D eigenvalue weighted by Gasteiger charge is -2.28. The fourth-order valence-electron chi connectivity index (χ4n) is 13.6. The van der Waals surface area contributed by atoms with E-state index in [9.17, 15) is 26.4 Å². The first-order valence-electron chi connectivity index (χ1n) is 36.8. The van der Waals surface area contributed by atoms with Crippen LogP contribution in [0.3, 0.4) is 0 Å². The maximum atomic E-state index is 12.3. The molecule has 4 unspecified atom stereocenters. The van der Waals surface area contributed by atoms with Gasteiger partial charge in [0, 0.05) is 155 Å². The molecule has 0 fully saturated rings. The minimum atomic E-state index is -3.19. The Morgan fingerprint density at radius 2 is 0.832 bits per heavy atom. The normalized spacial score (nSPS) is 16.5. The van der Waals surface area contributed by atoms with Gasteiger partial charge < -0.3 is 44.2 Å². The molecular formula is C81H94BBrClN13O14S2. The number of rotatable bonds is 12. The molecule has 4 aliphatic heterocycles. The predicted molar refractivity (Wildman–Crippen MR) is 439 cm³/mol. The number of aryl methyl sites for hydroxylation is 4. The van der Waals surface area contributed by atoms with E-state index < -0.39 is 37.2 Å². The maximum absolute atomic E-state index is 12.3. The fourth-order valence-corrected chi connectivity index (χ4v) is 15.2. The zero-order valence-electron chi connectivity index (χ0n) is 65.2. The highest BCUT2D eigenvalue weighted by Gasteiger charge is 2.32. The number of sulfone groups is 1. The molecule has 0 radical (unpaired) electrons. The summed E-state index contributed by atoms with van der Waals surface area (Å²) in [5.74, 6) is -0.365. The summed E-state index contributed by atoms with van der Waals surface area (Å²) in [7, 11) is 4.61. The molecule has 4 aliphatic rings. The Bertz CT molecular complexity index is 5650. The fraction of sp³-hybridized carbons (Fsp3) is 0.383. The summed E-state index contributed by atoms with van der Waals surface area (Å²) in [6, 6.07) is 23.9. The van der Waals surface area contributed by atoms with Crippen LogP contribution in [0.25, 0.3) is 77.0 Å². The molecule has 12 heterocycles. The molecule has 8 aromatic heterocycles. The van der Waals surface area contributed by atoms with Crippen molar-refractivity contribution >= 4 is 114 Å². The standard InChI is InChI=1S/C22H25N3O3.C19H21N3O3S.C16H16N4O.C14H18BrNO3.C8H9BN2O2.C2H5ClO2S/c1-22(2,3)28-21(26)8-16-12-27-13-19-17(10-23-11-18(16)19)14-5-6-15-9-24-25(4)20(15)7-14;1-3-26(23,24)12-15-10-25-11-18-16(8-20-9-17(15)18)13-4-5-14-7-21-22(2)19(14)6-13;1-20-16-4-10(2-3-11(16)5-19-20)12-6-18-7-13-14(12)8-21-9-15(13)17;1-14(2,3)19-13(17)4-9-7-18-8-11-10(9)5-16-6-12(11)15;1-11-8-4-7(9(12)13)3-2-6(8)5-10-11;1-2-6(3,4)5/h5-7,9-11,16H,8,12-13H2,1-4H3;4-9,15H,3,10-12H2,1-2H3;2-7,15H,8-9,17H2,1H3;5-6,9H,4,7-8H2,1-3H3;2-5,12-13H,1H3;2H2,1H3. The lowest BCUT2D eigenvalue weighted by Crippen LogP contribution is -2.29. The zero-order chi connectivity index (χ0) is 81.3. The average molecular weight is 1660 g/mol. The van der Waals surface area contributed by atoms with Gasteiger partial charge in [-0.05, 0) is 148 Å². The van der Waals surface area contributed by atoms with E-state index in [4.69, 9.17) is 44.2 Å². The van der Waals surface area contributed by atoms with Gasteiger partial charge in [-0.15, -0.1) is 0 Å². The largest absolute Gasteiger partial charge is 0.488 e. The second-order valence-electron chi connectivity index (χ2n) is 29.9. The number of halogens is 2. The number of ether oxygens (including phenoxy) is 6. The highest BCUT2D eigenvalue weighted by atomic mass is 79.9. The van der Waals surface area contributed by atoms with Crippen LogP contribution in [0.15, 0.2) is 152 Å². The molecule has 113 heavy (non-hydrogen) atoms. The number of benzene rings is 4. The second-order valence-corrected chi connectivity index (χ2v) is 36.2. The van der Waals surface area contributed by atoms with E-state index in [1.54, 1.807) is 42.3 Å². The highest BCUT2D eigenvalue weighted by molar-refractivity contribution is 9.10. The number of fused-ring (bicyclic) bond motifs is 8. The molecule has 596 valence electrons. The minimum Gasteiger partial charge on any atom is -0.460 e. The molecule has 0 amide bonds. The van der Waals surface area contributed by atoms with Crippen LogP contribution in [0.1, 0.15) is 137 Å². The summed E-state index contributed by atoms with van der Waals surface area (Å²) < 4.78 is 85.5. The predicted octanol–water partition coefficient (Wildman–Crippen LogP) is 11.8. The minimum absolute atomic E-state index is 0.00849. The van der Waals surface area contributed by atoms with E-state index in [2.05, 4.69) is 109 Å². The number of esters is 2. The zero-order valence-corrected chi connectivity index (χ0v) is 69.2. The maximum Gasteiger partial charge on any atom is 0.488 e. The van der Waals surface area contributed by atoms with Gasteiger partial charge in [-0.25, -0.2) is 16.8 Å². The monoisotopic (exact) mass is 1660 g/mol. The Labute approximate surface area is 670 Å². The van der Waals surface area contributed by atoms with Gasteiger partial charge in [0.1, 0.15) is 11.2 Å². The molecule has 0 saturated carbocycles. The van der Waals surface area contributed by atoms with Crippen molar-refractivity contribution in [1.82, 2.24) is 59.1 Å². The number of carbonyl (C=O) groups is 2. The number of aromatic nitrogens is 12. The van der Waals surface area contributed by atoms with Crippen LogP contribution in [0, 0.1) is 0 Å². The third kappa shape index (κ3) is 21.6. The molecule has 4 atom stereocenters. The average Bonchev–Trinajstić information content (AvgIpc) is 1.75. The molecule has 27 nitrogen and oxygen atoms in total. The van der Waals surface area contributed by atoms with Crippen LogP contribution in [-0.4, -0.2) is 160 Å². The summed E-state index contributed by atoms with van der Waals surface area (Å²) in [6.45, 7) is 18.5.